The van der Waals surface area contributed by atoms with Crippen LogP contribution in [-0.2, 0) is 12.8 Å². The van der Waals surface area contributed by atoms with Crippen LogP contribution >= 0.6 is 11.6 Å². The fraction of sp³-hybridized carbons (Fsp3) is 0.455. The molecule has 0 bridgehead atoms. The Morgan fingerprint density at radius 1 is 1.46 bits per heavy atom. The Bertz CT molecular complexity index is 333. The first-order valence-electron chi connectivity index (χ1n) is 4.64. The van der Waals surface area contributed by atoms with Crippen LogP contribution in [0, 0.1) is 11.7 Å². The van der Waals surface area contributed by atoms with Crippen molar-refractivity contribution in [3.05, 3.63) is 34.1 Å². The highest BCUT2D eigenvalue weighted by Crippen LogP contribution is 2.30. The first-order chi connectivity index (χ1) is 6.18. The number of fused-ring (bicyclic) bond motifs is 1. The standard InChI is InChI=1S/C11H12ClF/c1-7-2-4-9-8(6-7)3-5-10(12)11(9)13/h3,5,7H,2,4,6H2,1H3. The van der Waals surface area contributed by atoms with Crippen LogP contribution in [0.1, 0.15) is 24.5 Å². The molecule has 1 atom stereocenters. The van der Waals surface area contributed by atoms with Gasteiger partial charge in [-0.2, -0.15) is 0 Å². The van der Waals surface area contributed by atoms with Gasteiger partial charge in [0.25, 0.3) is 0 Å². The number of rotatable bonds is 0. The van der Waals surface area contributed by atoms with Crippen molar-refractivity contribution in [3.63, 3.8) is 0 Å². The van der Waals surface area contributed by atoms with Crippen LogP contribution in [0.15, 0.2) is 12.1 Å². The summed E-state index contributed by atoms with van der Waals surface area (Å²) in [6.45, 7) is 2.20. The summed E-state index contributed by atoms with van der Waals surface area (Å²) in [5.41, 5.74) is 1.98. The molecule has 2 heteroatoms. The SMILES string of the molecule is CC1CCc2c(ccc(Cl)c2F)C1. The minimum Gasteiger partial charge on any atom is -0.205 e. The Kier molecular flexibility index (Phi) is 2.29. The lowest BCUT2D eigenvalue weighted by Crippen LogP contribution is -2.12. The normalized spacial score (nSPS) is 21.3. The lowest BCUT2D eigenvalue weighted by Gasteiger charge is -2.21. The minimum absolute atomic E-state index is 0.203. The highest BCUT2D eigenvalue weighted by atomic mass is 35.5. The van der Waals surface area contributed by atoms with Crippen molar-refractivity contribution in [2.75, 3.05) is 0 Å². The van der Waals surface area contributed by atoms with Gasteiger partial charge in [0.15, 0.2) is 0 Å². The molecule has 0 N–H and O–H groups in total. The molecule has 13 heavy (non-hydrogen) atoms. The average molecular weight is 199 g/mol. The zero-order valence-electron chi connectivity index (χ0n) is 7.61. The van der Waals surface area contributed by atoms with Crippen LogP contribution in [0.25, 0.3) is 0 Å². The van der Waals surface area contributed by atoms with Gasteiger partial charge in [0.1, 0.15) is 5.82 Å². The van der Waals surface area contributed by atoms with Crippen LogP contribution in [0.5, 0.6) is 0 Å². The molecule has 0 fully saturated rings. The van der Waals surface area contributed by atoms with E-state index in [4.69, 9.17) is 11.6 Å². The predicted octanol–water partition coefficient (Wildman–Crippen LogP) is 3.60. The van der Waals surface area contributed by atoms with Crippen LogP contribution < -0.4 is 0 Å². The van der Waals surface area contributed by atoms with Crippen LogP contribution in [0.4, 0.5) is 4.39 Å². The van der Waals surface area contributed by atoms with Crippen LogP contribution in [0.3, 0.4) is 0 Å². The summed E-state index contributed by atoms with van der Waals surface area (Å²) in [7, 11) is 0. The molecule has 0 amide bonds. The highest BCUT2D eigenvalue weighted by Gasteiger charge is 2.19. The van der Waals surface area contributed by atoms with E-state index in [-0.39, 0.29) is 10.8 Å². The molecule has 0 aliphatic heterocycles. The third kappa shape index (κ3) is 1.58. The predicted molar refractivity (Wildman–Crippen MR) is 52.6 cm³/mol. The number of hydrogen-bond acceptors (Lipinski definition) is 0. The van der Waals surface area contributed by atoms with Gasteiger partial charge < -0.3 is 0 Å². The fourth-order valence-electron chi connectivity index (χ4n) is 1.96. The maximum Gasteiger partial charge on any atom is 0.145 e. The molecule has 0 aromatic heterocycles. The summed E-state index contributed by atoms with van der Waals surface area (Å²) in [5, 5.41) is 0.258. The largest absolute Gasteiger partial charge is 0.205 e. The zero-order valence-corrected chi connectivity index (χ0v) is 8.37. The Labute approximate surface area is 82.7 Å². The topological polar surface area (TPSA) is 0 Å². The second kappa shape index (κ2) is 3.30. The van der Waals surface area contributed by atoms with Gasteiger partial charge in [0, 0.05) is 0 Å². The quantitative estimate of drug-likeness (QED) is 0.598. The Hall–Kier alpha value is -0.560. The van der Waals surface area contributed by atoms with E-state index in [0.29, 0.717) is 5.92 Å². The van der Waals surface area contributed by atoms with E-state index < -0.39 is 0 Å². The van der Waals surface area contributed by atoms with E-state index in [0.717, 1.165) is 30.4 Å². The molecule has 0 nitrogen and oxygen atoms in total. The fourth-order valence-corrected chi connectivity index (χ4v) is 2.14. The van der Waals surface area contributed by atoms with Crippen LogP contribution in [0.2, 0.25) is 5.02 Å². The molecule has 1 unspecified atom stereocenters. The molecule has 0 radical (unpaired) electrons. The van der Waals surface area contributed by atoms with E-state index in [1.165, 1.54) is 0 Å². The van der Waals surface area contributed by atoms with Gasteiger partial charge in [-0.25, -0.2) is 4.39 Å². The number of halogens is 2. The van der Waals surface area contributed by atoms with Gasteiger partial charge >= 0.3 is 0 Å². The molecule has 0 spiro atoms. The molecular formula is C11H12ClF. The van der Waals surface area contributed by atoms with Crippen molar-refractivity contribution in [1.82, 2.24) is 0 Å². The monoisotopic (exact) mass is 198 g/mol. The molecule has 2 rings (SSSR count). The Balaban J connectivity index is 2.47. The second-order valence-electron chi connectivity index (χ2n) is 3.85. The lowest BCUT2D eigenvalue weighted by molar-refractivity contribution is 0.482. The van der Waals surface area contributed by atoms with E-state index in [2.05, 4.69) is 6.92 Å². The molecule has 0 heterocycles. The first kappa shape index (κ1) is 9.01. The van der Waals surface area contributed by atoms with E-state index in [9.17, 15) is 4.39 Å². The highest BCUT2D eigenvalue weighted by molar-refractivity contribution is 6.30. The Morgan fingerprint density at radius 3 is 3.00 bits per heavy atom. The van der Waals surface area contributed by atoms with E-state index in [1.807, 2.05) is 6.07 Å². The van der Waals surface area contributed by atoms with Crippen molar-refractivity contribution in [2.45, 2.75) is 26.2 Å². The van der Waals surface area contributed by atoms with Gasteiger partial charge in [-0.05, 0) is 42.4 Å². The number of hydrogen-bond donors (Lipinski definition) is 0. The molecule has 1 aromatic rings. The maximum atomic E-state index is 13.5. The zero-order chi connectivity index (χ0) is 9.42. The summed E-state index contributed by atoms with van der Waals surface area (Å²) in [4.78, 5) is 0. The molecule has 70 valence electrons. The molecule has 1 aliphatic rings. The molecule has 0 saturated heterocycles. The van der Waals surface area contributed by atoms with E-state index >= 15 is 0 Å². The summed E-state index contributed by atoms with van der Waals surface area (Å²) in [6.07, 6.45) is 2.90. The molecule has 1 aromatic carbocycles. The van der Waals surface area contributed by atoms with Gasteiger partial charge in [0.05, 0.1) is 5.02 Å². The minimum atomic E-state index is -0.203. The lowest BCUT2D eigenvalue weighted by atomic mass is 9.85. The molecule has 0 saturated carbocycles. The van der Waals surface area contributed by atoms with Crippen molar-refractivity contribution in [2.24, 2.45) is 5.92 Å². The van der Waals surface area contributed by atoms with Gasteiger partial charge in [-0.3, -0.25) is 0 Å². The molecule has 1 aliphatic carbocycles. The van der Waals surface area contributed by atoms with Crippen molar-refractivity contribution in [3.8, 4) is 0 Å². The smallest absolute Gasteiger partial charge is 0.145 e. The third-order valence-electron chi connectivity index (χ3n) is 2.75. The number of benzene rings is 1. The Morgan fingerprint density at radius 2 is 2.23 bits per heavy atom. The molecular weight excluding hydrogens is 187 g/mol. The van der Waals surface area contributed by atoms with Gasteiger partial charge in [-0.15, -0.1) is 0 Å². The average Bonchev–Trinajstić information content (AvgIpc) is 2.12. The maximum absolute atomic E-state index is 13.5. The summed E-state index contributed by atoms with van der Waals surface area (Å²) in [6, 6.07) is 3.62. The first-order valence-corrected chi connectivity index (χ1v) is 5.02. The van der Waals surface area contributed by atoms with E-state index in [1.54, 1.807) is 6.07 Å². The van der Waals surface area contributed by atoms with Crippen molar-refractivity contribution in [1.29, 1.82) is 0 Å². The van der Waals surface area contributed by atoms with Gasteiger partial charge in [0.2, 0.25) is 0 Å². The summed E-state index contributed by atoms with van der Waals surface area (Å²) < 4.78 is 13.5. The third-order valence-corrected chi connectivity index (χ3v) is 3.04. The van der Waals surface area contributed by atoms with Crippen molar-refractivity contribution < 1.29 is 4.39 Å². The second-order valence-corrected chi connectivity index (χ2v) is 4.25. The van der Waals surface area contributed by atoms with Crippen LogP contribution in [-0.4, -0.2) is 0 Å². The van der Waals surface area contributed by atoms with Gasteiger partial charge in [-0.1, -0.05) is 24.6 Å². The summed E-state index contributed by atoms with van der Waals surface area (Å²) in [5.74, 6) is 0.471. The summed E-state index contributed by atoms with van der Waals surface area (Å²) >= 11 is 5.71. The van der Waals surface area contributed by atoms with Crippen molar-refractivity contribution >= 4 is 11.6 Å².